The SMILES string of the molecule is O=C(NCc1nc(-c2ccncc2)n[nH]1)c1ccc(O)cc1O. The first-order valence-electron chi connectivity index (χ1n) is 6.75. The van der Waals surface area contributed by atoms with Gasteiger partial charge in [-0.15, -0.1) is 0 Å². The fourth-order valence-corrected chi connectivity index (χ4v) is 1.98. The molecule has 0 aliphatic heterocycles. The summed E-state index contributed by atoms with van der Waals surface area (Å²) in [5.41, 5.74) is 0.877. The van der Waals surface area contributed by atoms with Gasteiger partial charge in [0.25, 0.3) is 5.91 Å². The highest BCUT2D eigenvalue weighted by atomic mass is 16.3. The van der Waals surface area contributed by atoms with Gasteiger partial charge in [0.05, 0.1) is 12.1 Å². The van der Waals surface area contributed by atoms with Crippen LogP contribution in [0.1, 0.15) is 16.2 Å². The lowest BCUT2D eigenvalue weighted by Gasteiger charge is -2.05. The number of amides is 1. The Bertz CT molecular complexity index is 832. The maximum absolute atomic E-state index is 12.0. The maximum atomic E-state index is 12.0. The second-order valence-corrected chi connectivity index (χ2v) is 4.73. The van der Waals surface area contributed by atoms with Crippen molar-refractivity contribution in [2.75, 3.05) is 0 Å². The van der Waals surface area contributed by atoms with E-state index in [0.717, 1.165) is 11.6 Å². The molecule has 2 aromatic heterocycles. The molecule has 8 nitrogen and oxygen atoms in total. The van der Waals surface area contributed by atoms with Crippen LogP contribution in [0.3, 0.4) is 0 Å². The third kappa shape index (κ3) is 3.26. The van der Waals surface area contributed by atoms with E-state index in [1.54, 1.807) is 24.5 Å². The average Bonchev–Trinajstić information content (AvgIpc) is 3.02. The van der Waals surface area contributed by atoms with Crippen LogP contribution in [0.5, 0.6) is 11.5 Å². The summed E-state index contributed by atoms with van der Waals surface area (Å²) >= 11 is 0. The Hall–Kier alpha value is -3.42. The van der Waals surface area contributed by atoms with Gasteiger partial charge in [0.15, 0.2) is 5.82 Å². The number of phenolic OH excluding ortho intramolecular Hbond substituents is 2. The van der Waals surface area contributed by atoms with Crippen LogP contribution in [0.2, 0.25) is 0 Å². The molecule has 4 N–H and O–H groups in total. The number of pyridine rings is 1. The summed E-state index contributed by atoms with van der Waals surface area (Å²) in [5, 5.41) is 28.3. The van der Waals surface area contributed by atoms with Crippen molar-refractivity contribution in [1.82, 2.24) is 25.5 Å². The van der Waals surface area contributed by atoms with E-state index in [2.05, 4.69) is 25.5 Å². The second-order valence-electron chi connectivity index (χ2n) is 4.73. The molecule has 0 aliphatic rings. The number of carbonyl (C=O) groups excluding carboxylic acids is 1. The number of aromatic nitrogens is 4. The molecule has 0 bridgehead atoms. The van der Waals surface area contributed by atoms with Gasteiger partial charge in [-0.05, 0) is 24.3 Å². The van der Waals surface area contributed by atoms with Crippen molar-refractivity contribution in [3.8, 4) is 22.9 Å². The third-order valence-electron chi connectivity index (χ3n) is 3.11. The zero-order valence-electron chi connectivity index (χ0n) is 11.9. The van der Waals surface area contributed by atoms with Crippen LogP contribution in [0.4, 0.5) is 0 Å². The van der Waals surface area contributed by atoms with Crippen LogP contribution in [-0.4, -0.2) is 36.3 Å². The van der Waals surface area contributed by atoms with Gasteiger partial charge in [-0.1, -0.05) is 0 Å². The summed E-state index contributed by atoms with van der Waals surface area (Å²) < 4.78 is 0. The molecule has 0 radical (unpaired) electrons. The molecule has 0 spiro atoms. The molecular weight excluding hydrogens is 298 g/mol. The Morgan fingerprint density at radius 1 is 1.17 bits per heavy atom. The number of benzene rings is 1. The van der Waals surface area contributed by atoms with E-state index in [9.17, 15) is 15.0 Å². The molecule has 0 saturated heterocycles. The predicted octanol–water partition coefficient (Wildman–Crippen LogP) is 1.21. The zero-order valence-corrected chi connectivity index (χ0v) is 11.9. The average molecular weight is 311 g/mol. The quantitative estimate of drug-likeness (QED) is 0.574. The van der Waals surface area contributed by atoms with Gasteiger partial charge in [-0.25, -0.2) is 4.98 Å². The third-order valence-corrected chi connectivity index (χ3v) is 3.11. The molecule has 2 heterocycles. The minimum atomic E-state index is -0.482. The molecule has 3 aromatic rings. The first kappa shape index (κ1) is 14.5. The van der Waals surface area contributed by atoms with Gasteiger partial charge < -0.3 is 15.5 Å². The molecule has 1 aromatic carbocycles. The largest absolute Gasteiger partial charge is 0.508 e. The summed E-state index contributed by atoms with van der Waals surface area (Å²) in [6.45, 7) is 0.122. The number of hydrogen-bond donors (Lipinski definition) is 4. The zero-order chi connectivity index (χ0) is 16.2. The Labute approximate surface area is 130 Å². The monoisotopic (exact) mass is 311 g/mol. The Morgan fingerprint density at radius 3 is 2.70 bits per heavy atom. The number of aromatic amines is 1. The predicted molar refractivity (Wildman–Crippen MR) is 80.6 cm³/mol. The summed E-state index contributed by atoms with van der Waals surface area (Å²) in [5.74, 6) is 0.0887. The molecule has 3 rings (SSSR count). The van der Waals surface area contributed by atoms with Gasteiger partial charge in [0, 0.05) is 24.0 Å². The van der Waals surface area contributed by atoms with Gasteiger partial charge in [0.1, 0.15) is 17.3 Å². The van der Waals surface area contributed by atoms with Crippen molar-refractivity contribution in [2.45, 2.75) is 6.54 Å². The molecule has 116 valence electrons. The Kier molecular flexibility index (Phi) is 3.88. The highest BCUT2D eigenvalue weighted by molar-refractivity contribution is 5.96. The highest BCUT2D eigenvalue weighted by Crippen LogP contribution is 2.22. The molecule has 1 amide bonds. The maximum Gasteiger partial charge on any atom is 0.255 e. The summed E-state index contributed by atoms with van der Waals surface area (Å²) in [6.07, 6.45) is 3.28. The number of H-pyrrole nitrogens is 1. The molecular formula is C15H13N5O3. The molecule has 0 fully saturated rings. The number of hydrogen-bond acceptors (Lipinski definition) is 6. The van der Waals surface area contributed by atoms with Crippen molar-refractivity contribution >= 4 is 5.91 Å². The van der Waals surface area contributed by atoms with E-state index in [0.29, 0.717) is 11.6 Å². The van der Waals surface area contributed by atoms with E-state index in [1.165, 1.54) is 12.1 Å². The van der Waals surface area contributed by atoms with E-state index in [1.807, 2.05) is 0 Å². The van der Waals surface area contributed by atoms with E-state index in [4.69, 9.17) is 0 Å². The summed E-state index contributed by atoms with van der Waals surface area (Å²) in [4.78, 5) is 20.2. The lowest BCUT2D eigenvalue weighted by Crippen LogP contribution is -2.23. The van der Waals surface area contributed by atoms with Crippen molar-refractivity contribution < 1.29 is 15.0 Å². The highest BCUT2D eigenvalue weighted by Gasteiger charge is 2.12. The number of carbonyl (C=O) groups is 1. The molecule has 0 saturated carbocycles. The lowest BCUT2D eigenvalue weighted by molar-refractivity contribution is 0.0947. The number of rotatable bonds is 4. The number of aromatic hydroxyl groups is 2. The van der Waals surface area contributed by atoms with Crippen LogP contribution in [-0.2, 0) is 6.54 Å². The van der Waals surface area contributed by atoms with Crippen LogP contribution in [0, 0.1) is 0 Å². The minimum absolute atomic E-state index is 0.0664. The number of nitrogens with one attached hydrogen (secondary N) is 2. The van der Waals surface area contributed by atoms with Crippen LogP contribution in [0.15, 0.2) is 42.7 Å². The van der Waals surface area contributed by atoms with E-state index < -0.39 is 5.91 Å². The first-order chi connectivity index (χ1) is 11.1. The van der Waals surface area contributed by atoms with Gasteiger partial charge >= 0.3 is 0 Å². The summed E-state index contributed by atoms with van der Waals surface area (Å²) in [7, 11) is 0. The standard InChI is InChI=1S/C15H13N5O3/c21-10-1-2-11(12(22)7-10)15(23)17-8-13-18-14(20-19-13)9-3-5-16-6-4-9/h1-7,21-22H,8H2,(H,17,23)(H,18,19,20). The van der Waals surface area contributed by atoms with Crippen molar-refractivity contribution in [1.29, 1.82) is 0 Å². The minimum Gasteiger partial charge on any atom is -0.508 e. The second kappa shape index (κ2) is 6.14. The molecule has 0 atom stereocenters. The fourth-order valence-electron chi connectivity index (χ4n) is 1.98. The van der Waals surface area contributed by atoms with Crippen molar-refractivity contribution in [3.05, 3.63) is 54.1 Å². The smallest absolute Gasteiger partial charge is 0.255 e. The van der Waals surface area contributed by atoms with Crippen molar-refractivity contribution in [2.24, 2.45) is 0 Å². The Balaban J connectivity index is 1.67. The fraction of sp³-hybridized carbons (Fsp3) is 0.0667. The first-order valence-corrected chi connectivity index (χ1v) is 6.75. The lowest BCUT2D eigenvalue weighted by atomic mass is 10.2. The number of nitrogens with zero attached hydrogens (tertiary/aromatic N) is 3. The van der Waals surface area contributed by atoms with E-state index >= 15 is 0 Å². The molecule has 0 unspecified atom stereocenters. The van der Waals surface area contributed by atoms with Crippen LogP contribution >= 0.6 is 0 Å². The van der Waals surface area contributed by atoms with E-state index in [-0.39, 0.29) is 23.6 Å². The topological polar surface area (TPSA) is 124 Å². The molecule has 0 aliphatic carbocycles. The number of phenols is 2. The molecule has 8 heteroatoms. The Morgan fingerprint density at radius 2 is 1.96 bits per heavy atom. The van der Waals surface area contributed by atoms with Gasteiger partial charge in [0.2, 0.25) is 0 Å². The van der Waals surface area contributed by atoms with Crippen LogP contribution in [0.25, 0.3) is 11.4 Å². The van der Waals surface area contributed by atoms with Gasteiger partial charge in [-0.2, -0.15) is 5.10 Å². The normalized spacial score (nSPS) is 10.4. The van der Waals surface area contributed by atoms with Crippen LogP contribution < -0.4 is 5.32 Å². The molecule has 23 heavy (non-hydrogen) atoms. The van der Waals surface area contributed by atoms with Crippen molar-refractivity contribution in [3.63, 3.8) is 0 Å². The summed E-state index contributed by atoms with van der Waals surface area (Å²) in [6, 6.07) is 7.32. The van der Waals surface area contributed by atoms with Gasteiger partial charge in [-0.3, -0.25) is 14.9 Å².